The van der Waals surface area contributed by atoms with E-state index >= 15 is 0 Å². The smallest absolute Gasteiger partial charge is 0.339 e. The van der Waals surface area contributed by atoms with E-state index in [0.717, 1.165) is 43.2 Å². The first kappa shape index (κ1) is 71.8. The number of likely N-dealkylation sites (tertiary alicyclic amines) is 2. The molecule has 10 N–H and O–H groups in total. The van der Waals surface area contributed by atoms with Gasteiger partial charge < -0.3 is 56.7 Å². The standard InChI is InChI=1S/C34H45N5O8S.C25H39N5O6S.C9H8O3/c1-5-21-17-34(21,32(44)38-48(45,46)23-11-12-23)37-30(42)25-16-22(35-29(41)24-8-6-7-20-13-14-47-27(20)24)18-39(25)31(43)28(33(2,3)4)36-26(40)15-19-9-10-19;1-5-15-12-25(15,23(34)29-37(35,36)17-8-9-17)28-21(32)18-11-16(26)13-30(18)22(33)20(24(2,3)4)27-19(31)10-14-6-7-14;10-9(11)7-3-1-2-6-4-5-12-8(6)7/h5-8,19,21-23,25,28H,1,9-18H2,2-4H3,(H,35,41)(H,36,40)(H,37,42)(H,38,44);5,14-18,20H,1,6-13,26H2,2-4H3,(H,27,31)(H,28,32)(H,29,34);1-3H,4-5H2,(H,10,11)/t21?,22-,25+,28-,34?;15?,16-,18+,20-,25?;/m11./s1. The molecule has 0 aromatic heterocycles. The lowest BCUT2D eigenvalue weighted by atomic mass is 9.85. The monoisotopic (exact) mass is 1380 g/mol. The molecule has 2 aromatic rings. The van der Waals surface area contributed by atoms with Gasteiger partial charge in [-0.15, -0.1) is 13.2 Å². The van der Waals surface area contributed by atoms with Crippen LogP contribution in [0, 0.1) is 34.5 Å². The van der Waals surface area contributed by atoms with Crippen molar-refractivity contribution in [2.24, 2.45) is 40.2 Å². The zero-order valence-corrected chi connectivity index (χ0v) is 57.5. The van der Waals surface area contributed by atoms with Crippen LogP contribution in [0.3, 0.4) is 0 Å². The number of benzene rings is 2. The normalized spacial score (nSPS) is 26.5. The van der Waals surface area contributed by atoms with Gasteiger partial charge in [0.25, 0.3) is 17.7 Å². The number of aromatic carboxylic acids is 1. The number of carbonyl (C=O) groups is 10. The summed E-state index contributed by atoms with van der Waals surface area (Å²) in [6, 6.07) is 5.53. The second kappa shape index (κ2) is 27.8. The largest absolute Gasteiger partial charge is 0.492 e. The number of para-hydroxylation sites is 2. The van der Waals surface area contributed by atoms with Crippen LogP contribution in [0.2, 0.25) is 0 Å². The molecule has 0 radical (unpaired) electrons. The molecule has 12 rings (SSSR count). The number of carboxylic acid groups (broad SMARTS) is 1. The molecule has 2 saturated heterocycles. The van der Waals surface area contributed by atoms with Gasteiger partial charge in [0.1, 0.15) is 52.3 Å². The first-order valence-electron chi connectivity index (χ1n) is 33.6. The summed E-state index contributed by atoms with van der Waals surface area (Å²) in [7, 11) is -7.69. The minimum Gasteiger partial charge on any atom is -0.492 e. The van der Waals surface area contributed by atoms with Gasteiger partial charge in [0.15, 0.2) is 0 Å². The molecule has 6 aliphatic carbocycles. The number of sulfonamides is 2. The Balaban J connectivity index is 0.000000183. The summed E-state index contributed by atoms with van der Waals surface area (Å²) in [5, 5.41) is 21.8. The number of carbonyl (C=O) groups excluding carboxylic acids is 9. The van der Waals surface area contributed by atoms with Crippen molar-refractivity contribution in [3.8, 4) is 11.5 Å². The van der Waals surface area contributed by atoms with Crippen molar-refractivity contribution in [2.45, 2.75) is 202 Å². The highest BCUT2D eigenvalue weighted by atomic mass is 32.2. The molecule has 528 valence electrons. The fourth-order valence-electron chi connectivity index (χ4n) is 13.1. The molecule has 10 atom stereocenters. The van der Waals surface area contributed by atoms with Gasteiger partial charge in [0, 0.05) is 62.7 Å². The zero-order valence-electron chi connectivity index (χ0n) is 55.9. The van der Waals surface area contributed by atoms with Crippen LogP contribution < -0.4 is 51.2 Å². The average molecular weight is 1390 g/mol. The summed E-state index contributed by atoms with van der Waals surface area (Å²) in [5.41, 5.74) is 4.38. The highest BCUT2D eigenvalue weighted by molar-refractivity contribution is 7.91. The summed E-state index contributed by atoms with van der Waals surface area (Å²) in [6.45, 7) is 19.6. The third-order valence-electron chi connectivity index (χ3n) is 19.7. The highest BCUT2D eigenvalue weighted by Crippen LogP contribution is 2.47. The fraction of sp³-hybridized carbons (Fsp3) is 0.618. The van der Waals surface area contributed by atoms with Gasteiger partial charge in [-0.05, 0) is 123 Å². The van der Waals surface area contributed by atoms with E-state index in [1.165, 1.54) is 22.0 Å². The Hall–Kier alpha value is -7.92. The molecular formula is C68H92N10O17S2. The minimum absolute atomic E-state index is 0.0240. The number of hydrogen-bond donors (Lipinski definition) is 9. The second-order valence-electron chi connectivity index (χ2n) is 29.9. The second-order valence-corrected chi connectivity index (χ2v) is 33.8. The fourth-order valence-corrected chi connectivity index (χ4v) is 15.8. The van der Waals surface area contributed by atoms with Crippen LogP contribution in [0.15, 0.2) is 61.7 Å². The van der Waals surface area contributed by atoms with E-state index in [1.54, 1.807) is 24.3 Å². The summed E-state index contributed by atoms with van der Waals surface area (Å²) in [5.74, 6) is -4.77. The molecule has 4 aliphatic heterocycles. The molecule has 29 heteroatoms. The summed E-state index contributed by atoms with van der Waals surface area (Å²) in [4.78, 5) is 134. The summed E-state index contributed by atoms with van der Waals surface area (Å²) in [6.07, 6.45) is 11.6. The van der Waals surface area contributed by atoms with Crippen LogP contribution in [0.25, 0.3) is 0 Å². The first-order valence-corrected chi connectivity index (χ1v) is 36.7. The molecule has 4 heterocycles. The maximum Gasteiger partial charge on any atom is 0.339 e. The maximum atomic E-state index is 14.3. The van der Waals surface area contributed by atoms with Crippen molar-refractivity contribution in [2.75, 3.05) is 26.3 Å². The van der Waals surface area contributed by atoms with Gasteiger partial charge in [-0.1, -0.05) is 78.0 Å². The van der Waals surface area contributed by atoms with Crippen LogP contribution in [0.1, 0.15) is 163 Å². The number of hydrogen-bond acceptors (Lipinski definition) is 17. The number of nitrogens with zero attached hydrogens (tertiary/aromatic N) is 2. The number of fused-ring (bicyclic) bond motifs is 2. The Labute approximate surface area is 565 Å². The number of amides is 9. The van der Waals surface area contributed by atoms with Gasteiger partial charge in [0.2, 0.25) is 55.5 Å². The van der Waals surface area contributed by atoms with E-state index in [1.807, 2.05) is 53.7 Å². The number of rotatable bonds is 23. The highest BCUT2D eigenvalue weighted by Gasteiger charge is 2.63. The van der Waals surface area contributed by atoms with Gasteiger partial charge in [-0.3, -0.25) is 52.6 Å². The number of ether oxygens (including phenoxy) is 2. The number of nitrogens with one attached hydrogen (secondary N) is 7. The van der Waals surface area contributed by atoms with Gasteiger partial charge in [0.05, 0.1) is 29.3 Å². The Morgan fingerprint density at radius 3 is 1.42 bits per heavy atom. The van der Waals surface area contributed by atoms with Crippen LogP contribution in [0.5, 0.6) is 11.5 Å². The van der Waals surface area contributed by atoms with E-state index < -0.39 is 148 Å². The Morgan fingerprint density at radius 2 is 1.03 bits per heavy atom. The number of nitrogens with two attached hydrogens (primary N) is 1. The molecule has 97 heavy (non-hydrogen) atoms. The van der Waals surface area contributed by atoms with Crippen LogP contribution in [-0.4, -0.2) is 175 Å². The average Bonchev–Trinajstić information content (AvgIpc) is 1.57. The molecule has 0 bridgehead atoms. The van der Waals surface area contributed by atoms with E-state index in [4.69, 9.17) is 20.3 Å². The Kier molecular flexibility index (Phi) is 20.6. The lowest BCUT2D eigenvalue weighted by molar-refractivity contribution is -0.144. The predicted molar refractivity (Wildman–Crippen MR) is 354 cm³/mol. The quantitative estimate of drug-likeness (QED) is 0.0722. The topological polar surface area (TPSA) is 394 Å². The summed E-state index contributed by atoms with van der Waals surface area (Å²) < 4.78 is 65.1. The molecule has 0 spiro atoms. The van der Waals surface area contributed by atoms with E-state index in [0.29, 0.717) is 87.1 Å². The third kappa shape index (κ3) is 16.6. The molecule has 8 fully saturated rings. The van der Waals surface area contributed by atoms with Gasteiger partial charge >= 0.3 is 5.97 Å². The summed E-state index contributed by atoms with van der Waals surface area (Å²) >= 11 is 0. The molecule has 2 aromatic carbocycles. The van der Waals surface area contributed by atoms with Crippen LogP contribution >= 0.6 is 0 Å². The SMILES string of the molecule is C=CC1CC1(NC(=O)[C@@H]1C[C@@H](N)CN1C(=O)[C@@H](NC(=O)CC1CC1)C(C)(C)C)C(=O)NS(=O)(=O)C1CC1.C=CC1CC1(NC(=O)[C@@H]1C[C@@H](NC(=O)c2cccc3c2OCC3)CN1C(=O)[C@@H](NC(=O)CC1CC1)C(C)(C)C)C(=O)NS(=O)(=O)C1CC1.O=C(O)c1cccc2c1OCC2. The van der Waals surface area contributed by atoms with E-state index in [-0.39, 0.29) is 56.2 Å². The first-order chi connectivity index (χ1) is 45.6. The van der Waals surface area contributed by atoms with Crippen molar-refractivity contribution in [1.29, 1.82) is 0 Å². The van der Waals surface area contributed by atoms with Crippen molar-refractivity contribution >= 4 is 79.2 Å². The van der Waals surface area contributed by atoms with Crippen LogP contribution in [0.4, 0.5) is 0 Å². The lowest BCUT2D eigenvalue weighted by Gasteiger charge is -2.35. The van der Waals surface area contributed by atoms with Crippen LogP contribution in [-0.2, 0) is 71.2 Å². The lowest BCUT2D eigenvalue weighted by Crippen LogP contribution is -2.60. The van der Waals surface area contributed by atoms with E-state index in [2.05, 4.69) is 49.2 Å². The maximum absolute atomic E-state index is 14.3. The zero-order chi connectivity index (χ0) is 70.5. The third-order valence-corrected chi connectivity index (χ3v) is 23.4. The molecular weight excluding hydrogens is 1290 g/mol. The molecule has 6 saturated carbocycles. The van der Waals surface area contributed by atoms with Crippen molar-refractivity contribution in [1.82, 2.24) is 45.8 Å². The van der Waals surface area contributed by atoms with Crippen molar-refractivity contribution in [3.63, 3.8) is 0 Å². The molecule has 27 nitrogen and oxygen atoms in total. The van der Waals surface area contributed by atoms with E-state index in [9.17, 15) is 64.8 Å². The van der Waals surface area contributed by atoms with Gasteiger partial charge in [-0.25, -0.2) is 21.6 Å². The molecule has 10 aliphatic rings. The minimum atomic E-state index is -3.88. The van der Waals surface area contributed by atoms with Crippen molar-refractivity contribution in [3.05, 3.63) is 84.0 Å². The Bertz CT molecular complexity index is 3760. The molecule has 4 unspecified atom stereocenters. The predicted octanol–water partition coefficient (Wildman–Crippen LogP) is 2.56. The Morgan fingerprint density at radius 1 is 0.619 bits per heavy atom. The van der Waals surface area contributed by atoms with Gasteiger partial charge in [-0.2, -0.15) is 0 Å². The number of carboxylic acids is 1. The van der Waals surface area contributed by atoms with Crippen molar-refractivity contribution < 1.29 is 79.4 Å². The molecule has 9 amide bonds.